The van der Waals surface area contributed by atoms with Gasteiger partial charge < -0.3 is 34.2 Å². The summed E-state index contributed by atoms with van der Waals surface area (Å²) in [6, 6.07) is 34.2. The second-order valence-corrected chi connectivity index (χ2v) is 26.7. The smallest absolute Gasteiger partial charge is 0.435 e. The van der Waals surface area contributed by atoms with Crippen molar-refractivity contribution in [3.63, 3.8) is 0 Å². The molecule has 10 rings (SSSR count). The summed E-state index contributed by atoms with van der Waals surface area (Å²) in [5, 5.41) is 51.9. The molecule has 97 heavy (non-hydrogen) atoms. The lowest BCUT2D eigenvalue weighted by Gasteiger charge is -2.25. The zero-order chi connectivity index (χ0) is 70.9. The van der Waals surface area contributed by atoms with Crippen LogP contribution in [-0.2, 0) is 18.9 Å². The summed E-state index contributed by atoms with van der Waals surface area (Å²) >= 11 is 7.30. The van der Waals surface area contributed by atoms with E-state index < -0.39 is 68.1 Å². The lowest BCUT2D eigenvalue weighted by molar-refractivity contribution is -0.385. The van der Waals surface area contributed by atoms with Crippen molar-refractivity contribution in [3.05, 3.63) is 166 Å². The number of anilines is 6. The third-order valence-corrected chi connectivity index (χ3v) is 14.1. The topological polar surface area (TPSA) is 376 Å². The summed E-state index contributed by atoms with van der Waals surface area (Å²) in [7, 11) is 0. The van der Waals surface area contributed by atoms with E-state index in [2.05, 4.69) is 40.6 Å². The highest BCUT2D eigenvalue weighted by Crippen LogP contribution is 2.38. The SMILES string of the molecule is CC(C)(C)OC(=O)N(c1ccc2c(cnn2C(=O)OC(C)(C)C)c1)c1nnc(-c2ccc(N)cc2)s1.CC(C)(C)OC(=O)N(c1ccc2c(cnn2C(=O)OC(C)(C)C)c1)c1nnc(-c2ccc(NC(=O)Oc3ccc([N+](=O)[O-])cc3)cc2)s1.O=C(Cl)Oc1ccc([N+](=O)[O-])cc1. The van der Waals surface area contributed by atoms with Crippen molar-refractivity contribution in [2.45, 2.75) is 105 Å². The Morgan fingerprint density at radius 3 is 1.24 bits per heavy atom. The number of hydrogen-bond acceptors (Lipinski definition) is 25. The zero-order valence-corrected chi connectivity index (χ0v) is 56.4. The molecule has 33 heteroatoms. The van der Waals surface area contributed by atoms with Crippen LogP contribution < -0.4 is 30.3 Å². The van der Waals surface area contributed by atoms with Gasteiger partial charge in [0, 0.05) is 69.1 Å². The summed E-state index contributed by atoms with van der Waals surface area (Å²) in [5.41, 5.74) is 6.17. The van der Waals surface area contributed by atoms with Crippen LogP contribution in [0.1, 0.15) is 83.1 Å². The van der Waals surface area contributed by atoms with Crippen LogP contribution in [0.4, 0.5) is 73.2 Å². The van der Waals surface area contributed by atoms with E-state index in [1.54, 1.807) is 156 Å². The van der Waals surface area contributed by atoms with Crippen LogP contribution in [0.15, 0.2) is 146 Å². The molecule has 3 N–H and O–H groups in total. The van der Waals surface area contributed by atoms with Crippen molar-refractivity contribution < 1.29 is 67.0 Å². The molecule has 0 aliphatic rings. The first-order valence-electron chi connectivity index (χ1n) is 28.9. The van der Waals surface area contributed by atoms with Gasteiger partial charge in [-0.3, -0.25) is 25.5 Å². The molecule has 10 aromatic rings. The van der Waals surface area contributed by atoms with Gasteiger partial charge in [0.25, 0.3) is 11.4 Å². The molecule has 0 bridgehead atoms. The third-order valence-electron chi connectivity index (χ3n) is 12.2. The van der Waals surface area contributed by atoms with Gasteiger partial charge in [-0.1, -0.05) is 22.7 Å². The molecule has 6 aromatic carbocycles. The van der Waals surface area contributed by atoms with E-state index in [1.807, 2.05) is 12.1 Å². The summed E-state index contributed by atoms with van der Waals surface area (Å²) < 4.78 is 34.2. The van der Waals surface area contributed by atoms with Gasteiger partial charge in [-0.2, -0.15) is 19.6 Å². The number of nitrogens with zero attached hydrogens (tertiary/aromatic N) is 12. The molecule has 0 fully saturated rings. The molecule has 3 amide bonds. The number of halogens is 1. The van der Waals surface area contributed by atoms with E-state index in [4.69, 9.17) is 41.0 Å². The number of nitrogens with one attached hydrogen (secondary N) is 1. The summed E-state index contributed by atoms with van der Waals surface area (Å²) in [6.45, 7) is 21.3. The molecule has 4 aromatic heterocycles. The van der Waals surface area contributed by atoms with Crippen LogP contribution >= 0.6 is 34.3 Å². The van der Waals surface area contributed by atoms with Crippen LogP contribution in [0.2, 0.25) is 0 Å². The average Bonchev–Trinajstić information content (AvgIpc) is 1.69. The molecule has 0 saturated heterocycles. The number of nitrogens with two attached hydrogens (primary N) is 1. The van der Waals surface area contributed by atoms with Crippen molar-refractivity contribution >= 4 is 136 Å². The van der Waals surface area contributed by atoms with Gasteiger partial charge in [0.2, 0.25) is 10.3 Å². The third kappa shape index (κ3) is 19.8. The lowest BCUT2D eigenvalue weighted by atomic mass is 10.2. The maximum atomic E-state index is 13.5. The summed E-state index contributed by atoms with van der Waals surface area (Å²) in [5.74, 6) is 0.312. The number of benzene rings is 6. The molecule has 0 atom stereocenters. The van der Waals surface area contributed by atoms with Crippen molar-refractivity contribution in [2.24, 2.45) is 0 Å². The van der Waals surface area contributed by atoms with Gasteiger partial charge in [0.1, 0.15) is 43.9 Å². The van der Waals surface area contributed by atoms with E-state index in [1.165, 1.54) is 86.7 Å². The molecule has 0 unspecified atom stereocenters. The lowest BCUT2D eigenvalue weighted by Crippen LogP contribution is -2.33. The summed E-state index contributed by atoms with van der Waals surface area (Å²) in [4.78, 5) is 97.2. The van der Waals surface area contributed by atoms with E-state index in [9.17, 15) is 49.0 Å². The van der Waals surface area contributed by atoms with Crippen LogP contribution in [0, 0.1) is 20.2 Å². The van der Waals surface area contributed by atoms with Crippen LogP contribution in [0.3, 0.4) is 0 Å². The first-order valence-corrected chi connectivity index (χ1v) is 30.9. The molecule has 0 aliphatic heterocycles. The zero-order valence-electron chi connectivity index (χ0n) is 54.0. The Hall–Kier alpha value is -11.5. The fourth-order valence-corrected chi connectivity index (χ4v) is 10.0. The van der Waals surface area contributed by atoms with Gasteiger partial charge in [-0.05, 0) is 192 Å². The molecular formula is C64H63ClN14O16S2. The normalized spacial score (nSPS) is 11.4. The second-order valence-electron chi connectivity index (χ2n) is 24.5. The number of hydrogen-bond donors (Lipinski definition) is 2. The van der Waals surface area contributed by atoms with Crippen molar-refractivity contribution in [1.82, 2.24) is 40.0 Å². The number of carbonyl (C=O) groups excluding carboxylic acids is 6. The number of nitrogen functional groups attached to an aromatic ring is 1. The van der Waals surface area contributed by atoms with Gasteiger partial charge in [0.15, 0.2) is 0 Å². The molecule has 4 heterocycles. The monoisotopic (exact) mass is 1380 g/mol. The Balaban J connectivity index is 0.000000214. The van der Waals surface area contributed by atoms with E-state index in [0.717, 1.165) is 21.6 Å². The number of carbonyl (C=O) groups is 6. The highest BCUT2D eigenvalue weighted by Gasteiger charge is 2.32. The van der Waals surface area contributed by atoms with E-state index >= 15 is 0 Å². The number of ether oxygens (including phenoxy) is 6. The molecule has 0 aliphatic carbocycles. The predicted molar refractivity (Wildman–Crippen MR) is 362 cm³/mol. The van der Waals surface area contributed by atoms with Crippen LogP contribution in [0.25, 0.3) is 42.9 Å². The van der Waals surface area contributed by atoms with E-state index in [0.29, 0.717) is 65.3 Å². The van der Waals surface area contributed by atoms with Crippen LogP contribution in [0.5, 0.6) is 11.5 Å². The largest absolute Gasteiger partial charge is 0.443 e. The number of non-ortho nitro benzene ring substituents is 2. The maximum Gasteiger partial charge on any atom is 0.435 e. The average molecular weight is 1380 g/mol. The summed E-state index contributed by atoms with van der Waals surface area (Å²) in [6.07, 6.45) is -0.264. The Morgan fingerprint density at radius 1 is 0.505 bits per heavy atom. The number of fused-ring (bicyclic) bond motifs is 2. The Bertz CT molecular complexity index is 4550. The minimum Gasteiger partial charge on any atom is -0.443 e. The minimum absolute atomic E-state index is 0.0747. The first-order chi connectivity index (χ1) is 45.5. The van der Waals surface area contributed by atoms with Gasteiger partial charge in [0.05, 0.1) is 44.6 Å². The number of aromatic nitrogens is 8. The highest BCUT2D eigenvalue weighted by molar-refractivity contribution is 7.19. The molecule has 0 spiro atoms. The standard InChI is InChI=1S/C32H31N7O8S.C25H28N6O4S.C7H4ClNO4/c1-31(2,3)46-29(41)37(23-13-16-25-20(17-23)18-33-38(25)30(42)47-32(4,5)6)27-36-35-26(48-27)19-7-9-21(10-8-19)34-28(40)45-24-14-11-22(12-15-24)39(43)44;1-24(2,3)34-22(32)30(21-29-28-20(36-21)15-7-9-17(26)10-8-15)18-11-12-19-16(13-18)14-27-31(19)23(33)35-25(4,5)6;8-7(10)13-6-3-1-5(2-4-6)9(11)12/h7-18H,1-6H3,(H,34,40);7-14H,26H2,1-6H3;1-4H. The van der Waals surface area contributed by atoms with Gasteiger partial charge in [-0.25, -0.2) is 38.6 Å². The molecular weight excluding hydrogens is 1320 g/mol. The highest BCUT2D eigenvalue weighted by atomic mass is 35.5. The predicted octanol–water partition coefficient (Wildman–Crippen LogP) is 16.3. The van der Waals surface area contributed by atoms with Gasteiger partial charge in [-0.15, -0.1) is 20.4 Å². The maximum absolute atomic E-state index is 13.5. The van der Waals surface area contributed by atoms with Crippen molar-refractivity contribution in [2.75, 3.05) is 20.9 Å². The number of amides is 3. The van der Waals surface area contributed by atoms with Crippen LogP contribution in [-0.4, -0.2) is 108 Å². The van der Waals surface area contributed by atoms with Crippen molar-refractivity contribution in [1.29, 1.82) is 0 Å². The van der Waals surface area contributed by atoms with Crippen molar-refractivity contribution in [3.8, 4) is 32.6 Å². The number of nitro benzene ring substituents is 2. The number of nitro groups is 2. The number of rotatable bonds is 11. The molecule has 504 valence electrons. The first kappa shape index (κ1) is 71.3. The fraction of sp³-hybridized carbons (Fsp3) is 0.250. The molecule has 0 radical (unpaired) electrons. The quantitative estimate of drug-likeness (QED) is 0.0399. The minimum atomic E-state index is -0.978. The fourth-order valence-electron chi connectivity index (χ4n) is 8.20. The molecule has 30 nitrogen and oxygen atoms in total. The second kappa shape index (κ2) is 29.4. The Labute approximate surface area is 565 Å². The van der Waals surface area contributed by atoms with Gasteiger partial charge >= 0.3 is 35.9 Å². The van der Waals surface area contributed by atoms with E-state index in [-0.39, 0.29) is 28.0 Å². The Kier molecular flexibility index (Phi) is 21.6. The Morgan fingerprint density at radius 2 is 0.876 bits per heavy atom. The molecule has 0 saturated carbocycles.